The molecule has 9 heteroatoms. The number of allylic oxidation sites excluding steroid dienone is 4. The first-order chi connectivity index (χ1) is 23.0. The predicted octanol–water partition coefficient (Wildman–Crippen LogP) is 6.73. The quantitative estimate of drug-likeness (QED) is 0.167. The molecule has 1 amide bonds. The lowest BCUT2D eigenvalue weighted by atomic mass is 10.00. The number of aromatic nitrogens is 3. The summed E-state index contributed by atoms with van der Waals surface area (Å²) in [7, 11) is 0. The Hall–Kier alpha value is -5.15. The van der Waals surface area contributed by atoms with E-state index in [1.165, 1.54) is 0 Å². The van der Waals surface area contributed by atoms with Crippen LogP contribution in [0.1, 0.15) is 68.7 Å². The van der Waals surface area contributed by atoms with Crippen LogP contribution in [0.5, 0.6) is 11.5 Å². The lowest BCUT2D eigenvalue weighted by molar-refractivity contribution is -0.123. The summed E-state index contributed by atoms with van der Waals surface area (Å²) >= 11 is 0. The van der Waals surface area contributed by atoms with Gasteiger partial charge in [-0.2, -0.15) is 0 Å². The monoisotopic (exact) mass is 628 g/mol. The third kappa shape index (κ3) is 6.44. The van der Waals surface area contributed by atoms with Gasteiger partial charge >= 0.3 is 0 Å². The highest BCUT2D eigenvalue weighted by atomic mass is 16.7. The molecule has 2 aromatic heterocycles. The summed E-state index contributed by atoms with van der Waals surface area (Å²) in [5.41, 5.74) is 16.1. The summed E-state index contributed by atoms with van der Waals surface area (Å²) in [5, 5.41) is 6.67. The standard InChI is InChI=1S/C38H40N6O3/c1-23(2)17-28(41-38(45)24-7-3-4-8-24)18-27(20-39)31-14-12-26-21-40-16-6-10-30(35(26)42-31)37-43-32-11-5-9-29(36(32)44-37)25-13-15-33-34(19-25)47-22-46-33/h5,9-15,17-20,24,40H,3-4,6-8,16,21-22,39H2,1-2H3,(H,41,45)(H,43,44)/b27-20+,28-18+,30-10+. The fraction of sp³-hybridized carbons (Fsp3) is 0.289. The molecule has 240 valence electrons. The first kappa shape index (κ1) is 30.5. The molecule has 0 unspecified atom stereocenters. The molecule has 0 bridgehead atoms. The van der Waals surface area contributed by atoms with E-state index in [4.69, 9.17) is 25.2 Å². The van der Waals surface area contributed by atoms with E-state index in [0.717, 1.165) is 106 Å². The van der Waals surface area contributed by atoms with Gasteiger partial charge in [-0.05, 0) is 87.2 Å². The van der Waals surface area contributed by atoms with Gasteiger partial charge in [-0.15, -0.1) is 0 Å². The first-order valence-electron chi connectivity index (χ1n) is 16.4. The number of amides is 1. The van der Waals surface area contributed by atoms with Crippen LogP contribution in [0, 0.1) is 5.92 Å². The van der Waals surface area contributed by atoms with Crippen LogP contribution < -0.4 is 25.8 Å². The molecule has 4 heterocycles. The van der Waals surface area contributed by atoms with Crippen LogP contribution >= 0.6 is 0 Å². The minimum absolute atomic E-state index is 0.0541. The van der Waals surface area contributed by atoms with Gasteiger partial charge in [-0.25, -0.2) is 9.97 Å². The Morgan fingerprint density at radius 1 is 1.02 bits per heavy atom. The van der Waals surface area contributed by atoms with E-state index >= 15 is 0 Å². The number of imidazole rings is 1. The Labute approximate surface area is 274 Å². The number of nitrogens with zero attached hydrogens (tertiary/aromatic N) is 2. The van der Waals surface area contributed by atoms with E-state index in [1.54, 1.807) is 6.20 Å². The van der Waals surface area contributed by atoms with Gasteiger partial charge in [0.05, 0.1) is 22.4 Å². The van der Waals surface area contributed by atoms with Gasteiger partial charge in [-0.1, -0.05) is 48.8 Å². The molecule has 7 rings (SSSR count). The summed E-state index contributed by atoms with van der Waals surface area (Å²) in [6, 6.07) is 16.2. The second-order valence-electron chi connectivity index (χ2n) is 12.6. The number of benzene rings is 2. The number of carbonyl (C=O) groups is 1. The van der Waals surface area contributed by atoms with Crippen LogP contribution in [-0.2, 0) is 11.3 Å². The van der Waals surface area contributed by atoms with Gasteiger partial charge in [0, 0.05) is 41.1 Å². The maximum Gasteiger partial charge on any atom is 0.231 e. The van der Waals surface area contributed by atoms with Crippen molar-refractivity contribution in [1.82, 2.24) is 25.6 Å². The number of carbonyl (C=O) groups excluding carboxylic acids is 1. The molecule has 1 aliphatic carbocycles. The zero-order valence-electron chi connectivity index (χ0n) is 26.9. The molecular formula is C38H40N6O3. The second kappa shape index (κ2) is 13.3. The minimum atomic E-state index is 0.0541. The number of pyridine rings is 1. The lowest BCUT2D eigenvalue weighted by Crippen LogP contribution is -2.28. The molecule has 0 radical (unpaired) electrons. The highest BCUT2D eigenvalue weighted by Crippen LogP contribution is 2.38. The molecule has 47 heavy (non-hydrogen) atoms. The van der Waals surface area contributed by atoms with Crippen LogP contribution in [0.25, 0.3) is 33.3 Å². The van der Waals surface area contributed by atoms with Crippen molar-refractivity contribution >= 4 is 28.1 Å². The number of aromatic amines is 1. The van der Waals surface area contributed by atoms with Gasteiger partial charge in [0.1, 0.15) is 5.82 Å². The number of ether oxygens (including phenoxy) is 2. The highest BCUT2D eigenvalue weighted by molar-refractivity contribution is 5.94. The molecule has 0 atom stereocenters. The summed E-state index contributed by atoms with van der Waals surface area (Å²) in [4.78, 5) is 27.0. The van der Waals surface area contributed by atoms with Crippen molar-refractivity contribution in [2.75, 3.05) is 13.3 Å². The van der Waals surface area contributed by atoms with E-state index in [0.29, 0.717) is 17.9 Å². The Bertz CT molecular complexity index is 1960. The molecule has 0 spiro atoms. The zero-order valence-corrected chi connectivity index (χ0v) is 26.9. The maximum absolute atomic E-state index is 13.1. The topological polar surface area (TPSA) is 127 Å². The SMILES string of the molecule is CC(C)=C/C(=C\C(=C/N)c1ccc2c(n1)/C(c1nc3c(-c4ccc5c(c4)OCO5)cccc3[nH]1)=C\CCNC2)NC(=O)C1CCCC1. The molecule has 1 saturated carbocycles. The smallest absolute Gasteiger partial charge is 0.231 e. The molecule has 4 aromatic rings. The van der Waals surface area contributed by atoms with Crippen LogP contribution in [0.3, 0.4) is 0 Å². The van der Waals surface area contributed by atoms with Crippen LogP contribution in [0.2, 0.25) is 0 Å². The van der Waals surface area contributed by atoms with Crippen molar-refractivity contribution in [3.63, 3.8) is 0 Å². The molecule has 9 nitrogen and oxygen atoms in total. The summed E-state index contributed by atoms with van der Waals surface area (Å²) in [6.07, 6.45) is 12.5. The normalized spacial score (nSPS) is 17.9. The van der Waals surface area contributed by atoms with Gasteiger partial charge < -0.3 is 30.8 Å². The van der Waals surface area contributed by atoms with Crippen molar-refractivity contribution in [2.24, 2.45) is 11.7 Å². The molecule has 1 fully saturated rings. The molecular weight excluding hydrogens is 588 g/mol. The van der Waals surface area contributed by atoms with Crippen molar-refractivity contribution in [2.45, 2.75) is 52.5 Å². The summed E-state index contributed by atoms with van der Waals surface area (Å²) < 4.78 is 11.2. The number of nitrogens with two attached hydrogens (primary N) is 1. The van der Waals surface area contributed by atoms with E-state index in [-0.39, 0.29) is 18.6 Å². The Morgan fingerprint density at radius 3 is 2.70 bits per heavy atom. The Balaban J connectivity index is 1.26. The van der Waals surface area contributed by atoms with Gasteiger partial charge in [-0.3, -0.25) is 4.79 Å². The maximum atomic E-state index is 13.1. The number of para-hydroxylation sites is 1. The van der Waals surface area contributed by atoms with Gasteiger partial charge in [0.15, 0.2) is 11.5 Å². The fourth-order valence-corrected chi connectivity index (χ4v) is 6.56. The third-order valence-corrected chi connectivity index (χ3v) is 8.89. The molecule has 2 aliphatic heterocycles. The zero-order chi connectivity index (χ0) is 32.3. The van der Waals surface area contributed by atoms with E-state index in [2.05, 4.69) is 33.8 Å². The number of hydrogen-bond donors (Lipinski definition) is 4. The van der Waals surface area contributed by atoms with Gasteiger partial charge in [0.25, 0.3) is 0 Å². The van der Waals surface area contributed by atoms with Gasteiger partial charge in [0.2, 0.25) is 12.7 Å². The largest absolute Gasteiger partial charge is 0.454 e. The average Bonchev–Trinajstić information content (AvgIpc) is 3.84. The molecule has 0 saturated heterocycles. The summed E-state index contributed by atoms with van der Waals surface area (Å²) in [5.74, 6) is 2.36. The second-order valence-corrected chi connectivity index (χ2v) is 12.6. The summed E-state index contributed by atoms with van der Waals surface area (Å²) in [6.45, 7) is 5.79. The minimum Gasteiger partial charge on any atom is -0.454 e. The van der Waals surface area contributed by atoms with E-state index < -0.39 is 0 Å². The Morgan fingerprint density at radius 2 is 1.87 bits per heavy atom. The van der Waals surface area contributed by atoms with Crippen molar-refractivity contribution in [3.8, 4) is 22.6 Å². The lowest BCUT2D eigenvalue weighted by Gasteiger charge is -2.17. The number of fused-ring (bicyclic) bond motifs is 3. The van der Waals surface area contributed by atoms with E-state index in [9.17, 15) is 4.79 Å². The average molecular weight is 629 g/mol. The third-order valence-electron chi connectivity index (χ3n) is 8.89. The molecule has 5 N–H and O–H groups in total. The van der Waals surface area contributed by atoms with Crippen LogP contribution in [0.4, 0.5) is 0 Å². The first-order valence-corrected chi connectivity index (χ1v) is 16.4. The van der Waals surface area contributed by atoms with Crippen LogP contribution in [0.15, 0.2) is 84.2 Å². The number of hydrogen-bond acceptors (Lipinski definition) is 7. The number of H-pyrrole nitrogens is 1. The fourth-order valence-electron chi connectivity index (χ4n) is 6.56. The van der Waals surface area contributed by atoms with Crippen LogP contribution in [-0.4, -0.2) is 34.2 Å². The van der Waals surface area contributed by atoms with Crippen molar-refractivity contribution < 1.29 is 14.3 Å². The molecule has 3 aliphatic rings. The number of nitrogens with one attached hydrogen (secondary N) is 3. The van der Waals surface area contributed by atoms with Crippen molar-refractivity contribution in [1.29, 1.82) is 0 Å². The molecule has 2 aromatic carbocycles. The highest BCUT2D eigenvalue weighted by Gasteiger charge is 2.24. The number of rotatable bonds is 7. The van der Waals surface area contributed by atoms with E-state index in [1.807, 2.05) is 62.4 Å². The predicted molar refractivity (Wildman–Crippen MR) is 185 cm³/mol. The van der Waals surface area contributed by atoms with Crippen molar-refractivity contribution in [3.05, 3.63) is 107 Å². The Kier molecular flexibility index (Phi) is 8.63.